The van der Waals surface area contributed by atoms with Crippen LogP contribution in [0.2, 0.25) is 0 Å². The van der Waals surface area contributed by atoms with Crippen molar-refractivity contribution in [3.05, 3.63) is 17.5 Å². The first-order chi connectivity index (χ1) is 10.9. The van der Waals surface area contributed by atoms with E-state index < -0.39 is 0 Å². The number of hydrogen-bond donors (Lipinski definition) is 1. The Bertz CT molecular complexity index is 594. The molecule has 23 heavy (non-hydrogen) atoms. The van der Waals surface area contributed by atoms with Gasteiger partial charge >= 0.3 is 0 Å². The number of H-pyrrole nitrogens is 1. The minimum atomic E-state index is -0.0470. The van der Waals surface area contributed by atoms with Gasteiger partial charge in [0.25, 0.3) is 5.91 Å². The summed E-state index contributed by atoms with van der Waals surface area (Å²) >= 11 is 0. The predicted octanol–water partition coefficient (Wildman–Crippen LogP) is 1.93. The van der Waals surface area contributed by atoms with Gasteiger partial charge in [-0.3, -0.25) is 14.7 Å². The average molecular weight is 318 g/mol. The van der Waals surface area contributed by atoms with Crippen LogP contribution in [-0.4, -0.2) is 57.5 Å². The molecule has 0 saturated carbocycles. The molecule has 2 amide bonds. The average Bonchev–Trinajstić information content (AvgIpc) is 3.15. The van der Waals surface area contributed by atoms with Crippen molar-refractivity contribution in [3.63, 3.8) is 0 Å². The number of aromatic nitrogens is 2. The van der Waals surface area contributed by atoms with Gasteiger partial charge in [0.05, 0.1) is 0 Å². The highest BCUT2D eigenvalue weighted by molar-refractivity contribution is 5.92. The molecule has 1 N–H and O–H groups in total. The van der Waals surface area contributed by atoms with Gasteiger partial charge in [0.2, 0.25) is 5.91 Å². The smallest absolute Gasteiger partial charge is 0.274 e. The van der Waals surface area contributed by atoms with Crippen molar-refractivity contribution >= 4 is 11.8 Å². The van der Waals surface area contributed by atoms with Crippen molar-refractivity contribution in [2.45, 2.75) is 57.9 Å². The second kappa shape index (κ2) is 5.98. The lowest BCUT2D eigenvalue weighted by molar-refractivity contribution is -0.130. The number of nitrogens with one attached hydrogen (secondary N) is 1. The molecule has 1 aromatic rings. The lowest BCUT2D eigenvalue weighted by Gasteiger charge is -2.36. The summed E-state index contributed by atoms with van der Waals surface area (Å²) in [5.74, 6) is 0.264. The lowest BCUT2D eigenvalue weighted by Crippen LogP contribution is -2.47. The van der Waals surface area contributed by atoms with E-state index in [2.05, 4.69) is 31.0 Å². The maximum absolute atomic E-state index is 12.6. The summed E-state index contributed by atoms with van der Waals surface area (Å²) in [4.78, 5) is 28.3. The van der Waals surface area contributed by atoms with Crippen molar-refractivity contribution in [3.8, 4) is 0 Å². The SMILES string of the molecule is CC(C)(C)c1cc(C(=O)N2CCC(N3CCCC3=O)CC2)n[nH]1. The number of rotatable bonds is 2. The van der Waals surface area contributed by atoms with Crippen LogP contribution in [0.4, 0.5) is 0 Å². The van der Waals surface area contributed by atoms with Gasteiger partial charge in [-0.15, -0.1) is 0 Å². The van der Waals surface area contributed by atoms with Crippen molar-refractivity contribution < 1.29 is 9.59 Å². The minimum Gasteiger partial charge on any atom is -0.340 e. The lowest BCUT2D eigenvalue weighted by atomic mass is 9.92. The van der Waals surface area contributed by atoms with Crippen LogP contribution in [0.5, 0.6) is 0 Å². The molecular formula is C17H26N4O2. The van der Waals surface area contributed by atoms with Gasteiger partial charge in [0.15, 0.2) is 0 Å². The molecule has 3 heterocycles. The largest absolute Gasteiger partial charge is 0.340 e. The molecule has 2 saturated heterocycles. The van der Waals surface area contributed by atoms with Crippen LogP contribution in [-0.2, 0) is 10.2 Å². The first-order valence-electron chi connectivity index (χ1n) is 8.51. The van der Waals surface area contributed by atoms with Gasteiger partial charge < -0.3 is 9.80 Å². The number of carbonyl (C=O) groups excluding carboxylic acids is 2. The molecule has 0 radical (unpaired) electrons. The van der Waals surface area contributed by atoms with Crippen molar-refractivity contribution in [1.29, 1.82) is 0 Å². The Hall–Kier alpha value is -1.85. The molecule has 126 valence electrons. The highest BCUT2D eigenvalue weighted by atomic mass is 16.2. The van der Waals surface area contributed by atoms with Crippen LogP contribution in [0.25, 0.3) is 0 Å². The fourth-order valence-electron chi connectivity index (χ4n) is 3.41. The third kappa shape index (κ3) is 3.26. The van der Waals surface area contributed by atoms with Gasteiger partial charge in [-0.05, 0) is 25.3 Å². The number of likely N-dealkylation sites (tertiary alicyclic amines) is 2. The summed E-state index contributed by atoms with van der Waals surface area (Å²) in [6.07, 6.45) is 3.39. The van der Waals surface area contributed by atoms with Gasteiger partial charge in [-0.1, -0.05) is 20.8 Å². The fraction of sp³-hybridized carbons (Fsp3) is 0.706. The van der Waals surface area contributed by atoms with E-state index >= 15 is 0 Å². The first kappa shape index (κ1) is 16.0. The maximum atomic E-state index is 12.6. The summed E-state index contributed by atoms with van der Waals surface area (Å²) in [6.45, 7) is 8.55. The zero-order chi connectivity index (χ0) is 16.6. The van der Waals surface area contributed by atoms with Gasteiger partial charge in [-0.25, -0.2) is 0 Å². The Balaban J connectivity index is 1.60. The zero-order valence-electron chi connectivity index (χ0n) is 14.3. The second-order valence-electron chi connectivity index (χ2n) is 7.63. The molecule has 0 aromatic carbocycles. The Morgan fingerprint density at radius 2 is 1.96 bits per heavy atom. The molecule has 6 heteroatoms. The monoisotopic (exact) mass is 318 g/mol. The van der Waals surface area contributed by atoms with Crippen molar-refractivity contribution in [2.24, 2.45) is 0 Å². The highest BCUT2D eigenvalue weighted by Gasteiger charge is 2.32. The molecular weight excluding hydrogens is 292 g/mol. The van der Waals surface area contributed by atoms with E-state index in [1.807, 2.05) is 15.9 Å². The quantitative estimate of drug-likeness (QED) is 0.906. The van der Waals surface area contributed by atoms with Crippen LogP contribution in [0.15, 0.2) is 6.07 Å². The molecule has 2 aliphatic heterocycles. The first-order valence-corrected chi connectivity index (χ1v) is 8.51. The molecule has 0 atom stereocenters. The predicted molar refractivity (Wildman–Crippen MR) is 87.2 cm³/mol. The molecule has 6 nitrogen and oxygen atoms in total. The minimum absolute atomic E-state index is 0.0112. The Morgan fingerprint density at radius 3 is 2.48 bits per heavy atom. The zero-order valence-corrected chi connectivity index (χ0v) is 14.3. The molecule has 2 fully saturated rings. The Labute approximate surface area is 137 Å². The maximum Gasteiger partial charge on any atom is 0.274 e. The standard InChI is InChI=1S/C17H26N4O2/c1-17(2,3)14-11-13(18-19-14)16(23)20-9-6-12(7-10-20)21-8-4-5-15(21)22/h11-12H,4-10H2,1-3H3,(H,18,19). The second-order valence-corrected chi connectivity index (χ2v) is 7.63. The third-order valence-electron chi connectivity index (χ3n) is 4.91. The summed E-state index contributed by atoms with van der Waals surface area (Å²) in [6, 6.07) is 2.16. The topological polar surface area (TPSA) is 69.3 Å². The van der Waals surface area contributed by atoms with E-state index in [1.54, 1.807) is 0 Å². The number of aromatic amines is 1. The van der Waals surface area contributed by atoms with Crippen molar-refractivity contribution in [1.82, 2.24) is 20.0 Å². The summed E-state index contributed by atoms with van der Waals surface area (Å²) in [5, 5.41) is 7.16. The van der Waals surface area contributed by atoms with E-state index in [9.17, 15) is 9.59 Å². The summed E-state index contributed by atoms with van der Waals surface area (Å²) in [7, 11) is 0. The summed E-state index contributed by atoms with van der Waals surface area (Å²) < 4.78 is 0. The van der Waals surface area contributed by atoms with Crippen LogP contribution in [0.1, 0.15) is 62.6 Å². The van der Waals surface area contributed by atoms with Crippen LogP contribution < -0.4 is 0 Å². The summed E-state index contributed by atoms with van der Waals surface area (Å²) in [5.41, 5.74) is 1.42. The number of hydrogen-bond acceptors (Lipinski definition) is 3. The molecule has 0 aliphatic carbocycles. The Morgan fingerprint density at radius 1 is 1.26 bits per heavy atom. The Kier molecular flexibility index (Phi) is 4.17. The van der Waals surface area contributed by atoms with Gasteiger partial charge in [-0.2, -0.15) is 5.10 Å². The van der Waals surface area contributed by atoms with E-state index in [-0.39, 0.29) is 17.2 Å². The van der Waals surface area contributed by atoms with E-state index in [0.29, 0.717) is 31.2 Å². The number of nitrogens with zero attached hydrogens (tertiary/aromatic N) is 3. The van der Waals surface area contributed by atoms with E-state index in [4.69, 9.17) is 0 Å². The molecule has 2 aliphatic rings. The molecule has 0 spiro atoms. The molecule has 0 unspecified atom stereocenters. The highest BCUT2D eigenvalue weighted by Crippen LogP contribution is 2.24. The number of carbonyl (C=O) groups is 2. The number of amides is 2. The number of piperidine rings is 1. The van der Waals surface area contributed by atoms with Gasteiger partial charge in [0, 0.05) is 43.2 Å². The van der Waals surface area contributed by atoms with Crippen LogP contribution in [0, 0.1) is 0 Å². The van der Waals surface area contributed by atoms with E-state index in [1.165, 1.54) is 0 Å². The van der Waals surface area contributed by atoms with Crippen molar-refractivity contribution in [2.75, 3.05) is 19.6 Å². The van der Waals surface area contributed by atoms with Crippen LogP contribution in [0.3, 0.4) is 0 Å². The third-order valence-corrected chi connectivity index (χ3v) is 4.91. The van der Waals surface area contributed by atoms with Crippen LogP contribution >= 0.6 is 0 Å². The van der Waals surface area contributed by atoms with Gasteiger partial charge in [0.1, 0.15) is 5.69 Å². The molecule has 3 rings (SSSR count). The fourth-order valence-corrected chi connectivity index (χ4v) is 3.41. The molecule has 1 aromatic heterocycles. The normalized spacial score (nSPS) is 20.4. The van der Waals surface area contributed by atoms with E-state index in [0.717, 1.165) is 31.5 Å². The molecule has 0 bridgehead atoms.